The number of H-pyrrole nitrogens is 1. The van der Waals surface area contributed by atoms with E-state index >= 15 is 0 Å². The highest BCUT2D eigenvalue weighted by molar-refractivity contribution is 5.58. The van der Waals surface area contributed by atoms with Crippen molar-refractivity contribution in [1.82, 2.24) is 15.3 Å². The Hall–Kier alpha value is -1.68. The molecule has 0 radical (unpaired) electrons. The minimum absolute atomic E-state index is 0.235. The van der Waals surface area contributed by atoms with Crippen LogP contribution < -0.4 is 5.32 Å². The number of nitrogens with zero attached hydrogens (tertiary/aromatic N) is 1. The van der Waals surface area contributed by atoms with Crippen molar-refractivity contribution in [2.75, 3.05) is 0 Å². The molecule has 0 aliphatic heterocycles. The molecule has 0 saturated heterocycles. The molecule has 2 aromatic rings. The maximum absolute atomic E-state index is 13.1. The van der Waals surface area contributed by atoms with Crippen LogP contribution in [0.25, 0.3) is 11.3 Å². The van der Waals surface area contributed by atoms with Crippen molar-refractivity contribution < 1.29 is 4.39 Å². The molecule has 0 amide bonds. The van der Waals surface area contributed by atoms with Gasteiger partial charge in [-0.3, -0.25) is 0 Å². The fourth-order valence-electron chi connectivity index (χ4n) is 1.67. The second-order valence-electron chi connectivity index (χ2n) is 4.44. The van der Waals surface area contributed by atoms with Gasteiger partial charge >= 0.3 is 0 Å². The van der Waals surface area contributed by atoms with Gasteiger partial charge < -0.3 is 10.3 Å². The molecule has 4 heteroatoms. The van der Waals surface area contributed by atoms with Gasteiger partial charge in [0.25, 0.3) is 0 Å². The molecular weight excluding hydrogens is 229 g/mol. The SMILES string of the molecule is CCC(C)NCc1ncc(-c2cccc(F)c2)[nH]1. The summed E-state index contributed by atoms with van der Waals surface area (Å²) in [6.45, 7) is 4.97. The van der Waals surface area contributed by atoms with E-state index in [4.69, 9.17) is 0 Å². The van der Waals surface area contributed by atoms with Crippen LogP contribution >= 0.6 is 0 Å². The van der Waals surface area contributed by atoms with Crippen molar-refractivity contribution >= 4 is 0 Å². The number of nitrogens with one attached hydrogen (secondary N) is 2. The Morgan fingerprint density at radius 2 is 2.28 bits per heavy atom. The van der Waals surface area contributed by atoms with Gasteiger partial charge in [-0.15, -0.1) is 0 Å². The highest BCUT2D eigenvalue weighted by Gasteiger charge is 2.05. The molecule has 0 spiro atoms. The number of aromatic amines is 1. The van der Waals surface area contributed by atoms with Gasteiger partial charge in [0, 0.05) is 11.6 Å². The Bertz CT molecular complexity index is 507. The number of hydrogen-bond donors (Lipinski definition) is 2. The van der Waals surface area contributed by atoms with Crippen LogP contribution in [0.15, 0.2) is 30.5 Å². The topological polar surface area (TPSA) is 40.7 Å². The Balaban J connectivity index is 2.06. The van der Waals surface area contributed by atoms with Crippen LogP contribution in [-0.2, 0) is 6.54 Å². The van der Waals surface area contributed by atoms with Crippen molar-refractivity contribution in [3.63, 3.8) is 0 Å². The Labute approximate surface area is 106 Å². The first-order valence-corrected chi connectivity index (χ1v) is 6.22. The second-order valence-corrected chi connectivity index (χ2v) is 4.44. The molecular formula is C14H18FN3. The van der Waals surface area contributed by atoms with Crippen molar-refractivity contribution in [3.05, 3.63) is 42.1 Å². The predicted molar refractivity (Wildman–Crippen MR) is 70.6 cm³/mol. The van der Waals surface area contributed by atoms with Crippen molar-refractivity contribution in [3.8, 4) is 11.3 Å². The highest BCUT2D eigenvalue weighted by Crippen LogP contribution is 2.17. The summed E-state index contributed by atoms with van der Waals surface area (Å²) in [6.07, 6.45) is 2.82. The number of halogens is 1. The zero-order valence-corrected chi connectivity index (χ0v) is 10.7. The molecule has 2 rings (SSSR count). The summed E-state index contributed by atoms with van der Waals surface area (Å²) in [6, 6.07) is 6.96. The third-order valence-electron chi connectivity index (χ3n) is 2.99. The fraction of sp³-hybridized carbons (Fsp3) is 0.357. The Kier molecular flexibility index (Phi) is 4.10. The first-order valence-electron chi connectivity index (χ1n) is 6.22. The summed E-state index contributed by atoms with van der Waals surface area (Å²) in [4.78, 5) is 7.48. The molecule has 0 saturated carbocycles. The third kappa shape index (κ3) is 3.17. The fourth-order valence-corrected chi connectivity index (χ4v) is 1.67. The second kappa shape index (κ2) is 5.78. The molecule has 2 N–H and O–H groups in total. The molecule has 1 unspecified atom stereocenters. The number of imidazole rings is 1. The lowest BCUT2D eigenvalue weighted by Gasteiger charge is -2.08. The van der Waals surface area contributed by atoms with E-state index in [0.717, 1.165) is 23.5 Å². The first-order chi connectivity index (χ1) is 8.69. The Morgan fingerprint density at radius 1 is 1.44 bits per heavy atom. The zero-order valence-electron chi connectivity index (χ0n) is 10.7. The van der Waals surface area contributed by atoms with Crippen LogP contribution in [0.4, 0.5) is 4.39 Å². The molecule has 1 aromatic carbocycles. The van der Waals surface area contributed by atoms with E-state index in [9.17, 15) is 4.39 Å². The Morgan fingerprint density at radius 3 is 3.00 bits per heavy atom. The van der Waals surface area contributed by atoms with Crippen molar-refractivity contribution in [2.45, 2.75) is 32.9 Å². The van der Waals surface area contributed by atoms with Gasteiger partial charge in [-0.1, -0.05) is 19.1 Å². The smallest absolute Gasteiger partial charge is 0.123 e. The van der Waals surface area contributed by atoms with Crippen LogP contribution in [0.5, 0.6) is 0 Å². The van der Waals surface area contributed by atoms with Crippen LogP contribution in [-0.4, -0.2) is 16.0 Å². The van der Waals surface area contributed by atoms with E-state index in [1.165, 1.54) is 12.1 Å². The molecule has 0 aliphatic carbocycles. The summed E-state index contributed by atoms with van der Waals surface area (Å²) in [5.41, 5.74) is 1.66. The number of aromatic nitrogens is 2. The van der Waals surface area contributed by atoms with E-state index in [0.29, 0.717) is 12.6 Å². The summed E-state index contributed by atoms with van der Waals surface area (Å²) in [5.74, 6) is 0.635. The average Bonchev–Trinajstić information content (AvgIpc) is 2.84. The molecule has 18 heavy (non-hydrogen) atoms. The number of benzene rings is 1. The molecule has 3 nitrogen and oxygen atoms in total. The van der Waals surface area contributed by atoms with Gasteiger partial charge in [-0.05, 0) is 25.5 Å². The van der Waals surface area contributed by atoms with Gasteiger partial charge in [0.05, 0.1) is 18.4 Å². The van der Waals surface area contributed by atoms with E-state index in [1.807, 2.05) is 6.07 Å². The normalized spacial score (nSPS) is 12.6. The van der Waals surface area contributed by atoms with Crippen molar-refractivity contribution in [1.29, 1.82) is 0 Å². The van der Waals surface area contributed by atoms with Gasteiger partial charge in [0.1, 0.15) is 11.6 Å². The first kappa shape index (κ1) is 12.8. The molecule has 1 heterocycles. The van der Waals surface area contributed by atoms with E-state index < -0.39 is 0 Å². The molecule has 0 bridgehead atoms. The van der Waals surface area contributed by atoms with Crippen molar-refractivity contribution in [2.24, 2.45) is 0 Å². The number of rotatable bonds is 5. The average molecular weight is 247 g/mol. The van der Waals surface area contributed by atoms with Gasteiger partial charge in [0.15, 0.2) is 0 Å². The van der Waals surface area contributed by atoms with Gasteiger partial charge in [-0.2, -0.15) is 0 Å². The predicted octanol–water partition coefficient (Wildman–Crippen LogP) is 3.10. The van der Waals surface area contributed by atoms with Gasteiger partial charge in [0.2, 0.25) is 0 Å². The van der Waals surface area contributed by atoms with E-state index in [-0.39, 0.29) is 5.82 Å². The zero-order chi connectivity index (χ0) is 13.0. The minimum Gasteiger partial charge on any atom is -0.341 e. The lowest BCUT2D eigenvalue weighted by molar-refractivity contribution is 0.525. The molecule has 1 aromatic heterocycles. The number of hydrogen-bond acceptors (Lipinski definition) is 2. The van der Waals surface area contributed by atoms with E-state index in [2.05, 4.69) is 29.1 Å². The standard InChI is InChI=1S/C14H18FN3/c1-3-10(2)16-9-14-17-8-13(18-14)11-5-4-6-12(15)7-11/h4-8,10,16H,3,9H2,1-2H3,(H,17,18). The quantitative estimate of drug-likeness (QED) is 0.852. The third-order valence-corrected chi connectivity index (χ3v) is 2.99. The monoisotopic (exact) mass is 247 g/mol. The molecule has 1 atom stereocenters. The summed E-state index contributed by atoms with van der Waals surface area (Å²) >= 11 is 0. The van der Waals surface area contributed by atoms with Crippen LogP contribution in [0.1, 0.15) is 26.1 Å². The largest absolute Gasteiger partial charge is 0.341 e. The summed E-state index contributed by atoms with van der Waals surface area (Å²) in [7, 11) is 0. The van der Waals surface area contributed by atoms with Crippen LogP contribution in [0.2, 0.25) is 0 Å². The van der Waals surface area contributed by atoms with Crippen LogP contribution in [0.3, 0.4) is 0 Å². The highest BCUT2D eigenvalue weighted by atomic mass is 19.1. The molecule has 0 fully saturated rings. The van der Waals surface area contributed by atoms with E-state index in [1.54, 1.807) is 12.3 Å². The summed E-state index contributed by atoms with van der Waals surface area (Å²) in [5, 5.41) is 3.36. The minimum atomic E-state index is -0.235. The molecule has 0 aliphatic rings. The maximum Gasteiger partial charge on any atom is 0.123 e. The van der Waals surface area contributed by atoms with Crippen LogP contribution in [0, 0.1) is 5.82 Å². The lowest BCUT2D eigenvalue weighted by Crippen LogP contribution is -2.24. The maximum atomic E-state index is 13.1. The lowest BCUT2D eigenvalue weighted by atomic mass is 10.2. The van der Waals surface area contributed by atoms with Gasteiger partial charge in [-0.25, -0.2) is 9.37 Å². The molecule has 96 valence electrons. The summed E-state index contributed by atoms with van der Waals surface area (Å²) < 4.78 is 13.1.